The van der Waals surface area contributed by atoms with E-state index in [4.69, 9.17) is 0 Å². The van der Waals surface area contributed by atoms with Gasteiger partial charge in [0.05, 0.1) is 0 Å². The highest BCUT2D eigenvalue weighted by Gasteiger charge is 2.00. The van der Waals surface area contributed by atoms with Gasteiger partial charge < -0.3 is 0 Å². The zero-order valence-corrected chi connectivity index (χ0v) is 16.6. The molecule has 0 atom stereocenters. The fourth-order valence-electron chi connectivity index (χ4n) is 2.70. The quantitative estimate of drug-likeness (QED) is 0.379. The van der Waals surface area contributed by atoms with Gasteiger partial charge in [-0.15, -0.1) is 0 Å². The van der Waals surface area contributed by atoms with E-state index in [1.54, 1.807) is 12.1 Å². The summed E-state index contributed by atoms with van der Waals surface area (Å²) in [4.78, 5) is 0. The van der Waals surface area contributed by atoms with Gasteiger partial charge >= 0.3 is 0 Å². The van der Waals surface area contributed by atoms with Gasteiger partial charge in [0.2, 0.25) is 11.7 Å². The summed E-state index contributed by atoms with van der Waals surface area (Å²) >= 11 is 0. The van der Waals surface area contributed by atoms with Crippen molar-refractivity contribution in [3.63, 3.8) is 0 Å². The molecule has 0 aromatic heterocycles. The molecule has 0 spiro atoms. The molecular weight excluding hydrogens is 350 g/mol. The van der Waals surface area contributed by atoms with Crippen molar-refractivity contribution < 1.29 is 8.78 Å². The van der Waals surface area contributed by atoms with Crippen LogP contribution in [0.4, 0.5) is 8.78 Å². The van der Waals surface area contributed by atoms with Crippen molar-refractivity contribution in [3.8, 4) is 23.7 Å². The molecule has 0 radical (unpaired) electrons. The van der Waals surface area contributed by atoms with E-state index in [9.17, 15) is 8.78 Å². The van der Waals surface area contributed by atoms with Crippen LogP contribution >= 0.6 is 0 Å². The molecule has 0 saturated heterocycles. The Morgan fingerprint density at radius 1 is 0.679 bits per heavy atom. The lowest BCUT2D eigenvalue weighted by atomic mass is 10.0. The SMILES string of the molecule is CCCCCCc1ccc(C#C/C(F)=C(\F)C#Cc2ccc(CC)cc2)cc1. The largest absolute Gasteiger partial charge is 0.217 e. The van der Waals surface area contributed by atoms with Crippen LogP contribution in [-0.2, 0) is 12.8 Å². The third-order valence-electron chi connectivity index (χ3n) is 4.46. The van der Waals surface area contributed by atoms with Gasteiger partial charge in [-0.25, -0.2) is 0 Å². The van der Waals surface area contributed by atoms with Crippen LogP contribution in [0.5, 0.6) is 0 Å². The van der Waals surface area contributed by atoms with Gasteiger partial charge in [0, 0.05) is 11.1 Å². The van der Waals surface area contributed by atoms with Crippen molar-refractivity contribution in [1.29, 1.82) is 0 Å². The van der Waals surface area contributed by atoms with Crippen molar-refractivity contribution in [2.24, 2.45) is 0 Å². The number of hydrogen-bond acceptors (Lipinski definition) is 0. The molecule has 0 heterocycles. The molecule has 0 aliphatic heterocycles. The minimum Gasteiger partial charge on any atom is -0.193 e. The molecule has 2 aromatic rings. The number of benzene rings is 2. The second-order valence-corrected chi connectivity index (χ2v) is 6.69. The van der Waals surface area contributed by atoms with Crippen molar-refractivity contribution in [2.75, 3.05) is 0 Å². The summed E-state index contributed by atoms with van der Waals surface area (Å²) in [5.74, 6) is 7.41. The average Bonchev–Trinajstić information content (AvgIpc) is 2.74. The maximum absolute atomic E-state index is 13.9. The highest BCUT2D eigenvalue weighted by molar-refractivity contribution is 5.45. The molecule has 2 rings (SSSR count). The highest BCUT2D eigenvalue weighted by atomic mass is 19.2. The maximum atomic E-state index is 13.9. The number of allylic oxidation sites excluding steroid dienone is 2. The lowest BCUT2D eigenvalue weighted by molar-refractivity contribution is 0.584. The molecule has 0 saturated carbocycles. The fourth-order valence-corrected chi connectivity index (χ4v) is 2.70. The summed E-state index contributed by atoms with van der Waals surface area (Å²) in [6.07, 6.45) is 6.84. The van der Waals surface area contributed by atoms with Gasteiger partial charge in [0.1, 0.15) is 0 Å². The zero-order valence-electron chi connectivity index (χ0n) is 16.6. The standard InChI is InChI=1S/C26H26F2/c1-3-5-6-7-8-22-13-15-24(16-14-22)18-20-26(28)25(27)19-17-23-11-9-21(4-2)10-12-23/h9-16H,3-8H2,1-2H3/b26-25+. The number of aryl methyl sites for hydroxylation is 2. The minimum atomic E-state index is -1.14. The van der Waals surface area contributed by atoms with Gasteiger partial charge in [-0.2, -0.15) is 8.78 Å². The Balaban J connectivity index is 1.98. The van der Waals surface area contributed by atoms with E-state index in [-0.39, 0.29) is 0 Å². The summed E-state index contributed by atoms with van der Waals surface area (Å²) in [6.45, 7) is 4.25. The number of hydrogen-bond donors (Lipinski definition) is 0. The molecule has 0 fully saturated rings. The van der Waals surface area contributed by atoms with E-state index < -0.39 is 11.7 Å². The predicted molar refractivity (Wildman–Crippen MR) is 113 cm³/mol. The predicted octanol–water partition coefficient (Wildman–Crippen LogP) is 6.93. The van der Waals surface area contributed by atoms with Crippen LogP contribution in [0.3, 0.4) is 0 Å². The molecule has 0 unspecified atom stereocenters. The molecule has 0 amide bonds. The summed E-state index contributed by atoms with van der Waals surface area (Å²) in [5, 5.41) is 0. The van der Waals surface area contributed by atoms with Gasteiger partial charge in [0.25, 0.3) is 0 Å². The van der Waals surface area contributed by atoms with Gasteiger partial charge in [-0.3, -0.25) is 0 Å². The highest BCUT2D eigenvalue weighted by Crippen LogP contribution is 2.11. The van der Waals surface area contributed by atoms with Crippen LogP contribution in [0.2, 0.25) is 0 Å². The molecule has 0 bridgehead atoms. The Kier molecular flexibility index (Phi) is 9.03. The van der Waals surface area contributed by atoms with E-state index in [0.29, 0.717) is 11.1 Å². The summed E-state index contributed by atoms with van der Waals surface area (Å²) in [5.41, 5.74) is 3.71. The lowest BCUT2D eigenvalue weighted by Crippen LogP contribution is -1.86. The summed E-state index contributed by atoms with van der Waals surface area (Å²) < 4.78 is 27.7. The van der Waals surface area contributed by atoms with Crippen LogP contribution in [0, 0.1) is 23.7 Å². The van der Waals surface area contributed by atoms with E-state index >= 15 is 0 Å². The van der Waals surface area contributed by atoms with E-state index in [2.05, 4.69) is 37.5 Å². The Morgan fingerprint density at radius 2 is 1.18 bits per heavy atom. The van der Waals surface area contributed by atoms with E-state index in [1.807, 2.05) is 36.4 Å². The average molecular weight is 376 g/mol. The van der Waals surface area contributed by atoms with Gasteiger partial charge in [-0.05, 0) is 66.5 Å². The van der Waals surface area contributed by atoms with Gasteiger partial charge in [0.15, 0.2) is 0 Å². The first kappa shape index (κ1) is 21.5. The number of halogens is 2. The van der Waals surface area contributed by atoms with Gasteiger partial charge in [-0.1, -0.05) is 69.2 Å². The third-order valence-corrected chi connectivity index (χ3v) is 4.46. The minimum absolute atomic E-state index is 0.641. The smallest absolute Gasteiger partial charge is 0.193 e. The van der Waals surface area contributed by atoms with Crippen molar-refractivity contribution in [1.82, 2.24) is 0 Å². The number of unbranched alkanes of at least 4 members (excludes halogenated alkanes) is 3. The summed E-state index contributed by atoms with van der Waals surface area (Å²) in [6, 6.07) is 15.1. The lowest BCUT2D eigenvalue weighted by Gasteiger charge is -2.01. The summed E-state index contributed by atoms with van der Waals surface area (Å²) in [7, 11) is 0. The molecule has 2 aromatic carbocycles. The van der Waals surface area contributed by atoms with E-state index in [1.165, 1.54) is 36.8 Å². The monoisotopic (exact) mass is 376 g/mol. The van der Waals surface area contributed by atoms with Crippen LogP contribution < -0.4 is 0 Å². The second-order valence-electron chi connectivity index (χ2n) is 6.69. The maximum Gasteiger partial charge on any atom is 0.217 e. The van der Waals surface area contributed by atoms with Crippen LogP contribution in [-0.4, -0.2) is 0 Å². The second kappa shape index (κ2) is 11.8. The Bertz CT molecular complexity index is 895. The molecule has 0 N–H and O–H groups in total. The van der Waals surface area contributed by atoms with Crippen molar-refractivity contribution in [2.45, 2.75) is 52.4 Å². The molecule has 144 valence electrons. The first-order chi connectivity index (χ1) is 13.6. The Hall–Kier alpha value is -2.84. The molecule has 0 nitrogen and oxygen atoms in total. The number of rotatable bonds is 6. The first-order valence-corrected chi connectivity index (χ1v) is 9.89. The zero-order chi connectivity index (χ0) is 20.2. The topological polar surface area (TPSA) is 0 Å². The molecular formula is C26H26F2. The molecule has 0 aliphatic carbocycles. The van der Waals surface area contributed by atoms with Crippen molar-refractivity contribution >= 4 is 0 Å². The Labute approximate surface area is 167 Å². The molecule has 2 heteroatoms. The fraction of sp³-hybridized carbons (Fsp3) is 0.308. The molecule has 28 heavy (non-hydrogen) atoms. The van der Waals surface area contributed by atoms with Crippen LogP contribution in [0.15, 0.2) is 60.2 Å². The van der Waals surface area contributed by atoms with E-state index in [0.717, 1.165) is 12.8 Å². The first-order valence-electron chi connectivity index (χ1n) is 9.89. The van der Waals surface area contributed by atoms with Crippen molar-refractivity contribution in [3.05, 3.63) is 82.4 Å². The normalized spacial score (nSPS) is 11.0. The van der Waals surface area contributed by atoms with Crippen LogP contribution in [0.25, 0.3) is 0 Å². The Morgan fingerprint density at radius 3 is 1.64 bits per heavy atom. The molecule has 0 aliphatic rings. The van der Waals surface area contributed by atoms with Crippen LogP contribution in [0.1, 0.15) is 61.8 Å². The third kappa shape index (κ3) is 7.42.